The molecule has 7 heteroatoms. The highest BCUT2D eigenvalue weighted by Gasteiger charge is 2.17. The molecule has 0 saturated carbocycles. The quantitative estimate of drug-likeness (QED) is 0.567. The molecular formula is C17H11FN4O2. The monoisotopic (exact) mass is 322 g/mol. The van der Waals surface area contributed by atoms with Gasteiger partial charge in [-0.2, -0.15) is 4.98 Å². The van der Waals surface area contributed by atoms with Crippen LogP contribution in [0.2, 0.25) is 0 Å². The summed E-state index contributed by atoms with van der Waals surface area (Å²) in [7, 11) is 1.76. The predicted octanol–water partition coefficient (Wildman–Crippen LogP) is 2.79. The standard InChI is InChI=1S/C17H11FN4O2/c1-22-9-12(15(23)11-8-10(18)5-6-14(11)22)17-20-16(21-24-17)13-4-2-3-7-19-13/h2-9H,1H3. The van der Waals surface area contributed by atoms with Crippen LogP contribution in [0.4, 0.5) is 4.39 Å². The number of hydrogen-bond donors (Lipinski definition) is 0. The lowest BCUT2D eigenvalue weighted by Crippen LogP contribution is -2.10. The third kappa shape index (κ3) is 2.26. The molecule has 0 bridgehead atoms. The van der Waals surface area contributed by atoms with Crippen LogP contribution < -0.4 is 5.43 Å². The first-order valence-corrected chi connectivity index (χ1v) is 7.18. The number of halogens is 1. The Kier molecular flexibility index (Phi) is 3.19. The first-order chi connectivity index (χ1) is 11.6. The first-order valence-electron chi connectivity index (χ1n) is 7.18. The van der Waals surface area contributed by atoms with E-state index in [1.807, 2.05) is 0 Å². The summed E-state index contributed by atoms with van der Waals surface area (Å²) in [6.07, 6.45) is 3.21. The molecule has 1 aromatic carbocycles. The predicted molar refractivity (Wildman–Crippen MR) is 85.7 cm³/mol. The molecule has 0 aliphatic carbocycles. The SMILES string of the molecule is Cn1cc(-c2nc(-c3ccccn3)no2)c(=O)c2cc(F)ccc21. The minimum absolute atomic E-state index is 0.0717. The molecule has 0 aliphatic heterocycles. The number of pyridine rings is 2. The van der Waals surface area contributed by atoms with Crippen molar-refractivity contribution in [3.63, 3.8) is 0 Å². The molecule has 0 amide bonds. The molecule has 0 spiro atoms. The van der Waals surface area contributed by atoms with E-state index in [-0.39, 0.29) is 28.1 Å². The van der Waals surface area contributed by atoms with Gasteiger partial charge in [0.2, 0.25) is 11.3 Å². The van der Waals surface area contributed by atoms with E-state index in [1.54, 1.807) is 48.3 Å². The van der Waals surface area contributed by atoms with Crippen molar-refractivity contribution in [1.29, 1.82) is 0 Å². The van der Waals surface area contributed by atoms with Crippen molar-refractivity contribution in [3.05, 3.63) is 64.8 Å². The zero-order chi connectivity index (χ0) is 16.7. The second-order valence-corrected chi connectivity index (χ2v) is 5.28. The topological polar surface area (TPSA) is 73.8 Å². The summed E-state index contributed by atoms with van der Waals surface area (Å²) in [5, 5.41) is 4.12. The maximum Gasteiger partial charge on any atom is 0.263 e. The zero-order valence-electron chi connectivity index (χ0n) is 12.6. The molecule has 0 fully saturated rings. The van der Waals surface area contributed by atoms with Gasteiger partial charge >= 0.3 is 0 Å². The Morgan fingerprint density at radius 1 is 1.21 bits per heavy atom. The van der Waals surface area contributed by atoms with E-state index in [0.29, 0.717) is 11.2 Å². The van der Waals surface area contributed by atoms with Crippen LogP contribution in [0, 0.1) is 5.82 Å². The third-order valence-electron chi connectivity index (χ3n) is 3.70. The smallest absolute Gasteiger partial charge is 0.263 e. The van der Waals surface area contributed by atoms with E-state index in [4.69, 9.17) is 4.52 Å². The van der Waals surface area contributed by atoms with Gasteiger partial charge in [-0.25, -0.2) is 4.39 Å². The fraction of sp³-hybridized carbons (Fsp3) is 0.0588. The van der Waals surface area contributed by atoms with Crippen LogP contribution in [0.15, 0.2) is 58.1 Å². The summed E-state index contributed by atoms with van der Waals surface area (Å²) >= 11 is 0. The zero-order valence-corrected chi connectivity index (χ0v) is 12.6. The van der Waals surface area contributed by atoms with Gasteiger partial charge in [0.05, 0.1) is 5.52 Å². The Bertz CT molecular complexity index is 1100. The average molecular weight is 322 g/mol. The van der Waals surface area contributed by atoms with Gasteiger partial charge in [0.25, 0.3) is 5.89 Å². The molecule has 0 radical (unpaired) electrons. The van der Waals surface area contributed by atoms with Gasteiger partial charge in [-0.3, -0.25) is 9.78 Å². The van der Waals surface area contributed by atoms with Gasteiger partial charge in [0.15, 0.2) is 0 Å². The Balaban J connectivity index is 1.90. The maximum absolute atomic E-state index is 13.5. The molecule has 0 unspecified atom stereocenters. The first kappa shape index (κ1) is 14.3. The van der Waals surface area contributed by atoms with E-state index < -0.39 is 5.82 Å². The van der Waals surface area contributed by atoms with Crippen LogP contribution in [0.25, 0.3) is 33.9 Å². The van der Waals surface area contributed by atoms with Crippen LogP contribution in [0.3, 0.4) is 0 Å². The molecule has 0 aliphatic rings. The van der Waals surface area contributed by atoms with Crippen molar-refractivity contribution in [3.8, 4) is 23.0 Å². The van der Waals surface area contributed by atoms with Crippen LogP contribution in [-0.4, -0.2) is 19.7 Å². The number of nitrogens with zero attached hydrogens (tertiary/aromatic N) is 4. The van der Waals surface area contributed by atoms with Gasteiger partial charge in [-0.15, -0.1) is 0 Å². The Labute approximate surface area is 135 Å². The summed E-state index contributed by atoms with van der Waals surface area (Å²) in [6.45, 7) is 0. The number of aryl methyl sites for hydroxylation is 1. The van der Waals surface area contributed by atoms with Crippen molar-refractivity contribution in [2.75, 3.05) is 0 Å². The maximum atomic E-state index is 13.5. The number of fused-ring (bicyclic) bond motifs is 1. The lowest BCUT2D eigenvalue weighted by molar-refractivity contribution is 0.431. The minimum atomic E-state index is -0.476. The molecule has 4 rings (SSSR count). The molecule has 118 valence electrons. The van der Waals surface area contributed by atoms with Gasteiger partial charge in [0, 0.05) is 24.8 Å². The number of hydrogen-bond acceptors (Lipinski definition) is 5. The normalized spacial score (nSPS) is 11.1. The summed E-state index contributed by atoms with van der Waals surface area (Å²) < 4.78 is 20.4. The molecule has 3 aromatic heterocycles. The molecular weight excluding hydrogens is 311 g/mol. The van der Waals surface area contributed by atoms with Crippen molar-refractivity contribution in [2.24, 2.45) is 7.05 Å². The van der Waals surface area contributed by atoms with Crippen molar-refractivity contribution < 1.29 is 8.91 Å². The van der Waals surface area contributed by atoms with Gasteiger partial charge in [0.1, 0.15) is 17.1 Å². The van der Waals surface area contributed by atoms with E-state index in [1.165, 1.54) is 12.1 Å². The summed E-state index contributed by atoms with van der Waals surface area (Å²) in [5.74, 6) is -0.120. The highest BCUT2D eigenvalue weighted by molar-refractivity contribution is 5.82. The van der Waals surface area contributed by atoms with Crippen molar-refractivity contribution in [2.45, 2.75) is 0 Å². The van der Waals surface area contributed by atoms with Crippen molar-refractivity contribution in [1.82, 2.24) is 19.7 Å². The Morgan fingerprint density at radius 2 is 2.08 bits per heavy atom. The van der Waals surface area contributed by atoms with Gasteiger partial charge in [-0.1, -0.05) is 11.2 Å². The highest BCUT2D eigenvalue weighted by Crippen LogP contribution is 2.21. The van der Waals surface area contributed by atoms with Crippen LogP contribution in [-0.2, 0) is 7.05 Å². The lowest BCUT2D eigenvalue weighted by atomic mass is 10.1. The van der Waals surface area contributed by atoms with E-state index in [9.17, 15) is 9.18 Å². The second kappa shape index (κ2) is 5.38. The van der Waals surface area contributed by atoms with Crippen LogP contribution >= 0.6 is 0 Å². The van der Waals surface area contributed by atoms with Gasteiger partial charge < -0.3 is 9.09 Å². The fourth-order valence-electron chi connectivity index (χ4n) is 2.55. The summed E-state index contributed by atoms with van der Waals surface area (Å²) in [6, 6.07) is 9.39. The highest BCUT2D eigenvalue weighted by atomic mass is 19.1. The van der Waals surface area contributed by atoms with Crippen LogP contribution in [0.5, 0.6) is 0 Å². The summed E-state index contributed by atoms with van der Waals surface area (Å²) in [4.78, 5) is 21.0. The van der Waals surface area contributed by atoms with Crippen LogP contribution in [0.1, 0.15) is 0 Å². The fourth-order valence-corrected chi connectivity index (χ4v) is 2.55. The average Bonchev–Trinajstić information content (AvgIpc) is 3.08. The van der Waals surface area contributed by atoms with E-state index in [2.05, 4.69) is 15.1 Å². The Hall–Kier alpha value is -3.35. The Morgan fingerprint density at radius 3 is 2.88 bits per heavy atom. The molecule has 0 saturated heterocycles. The van der Waals surface area contributed by atoms with E-state index >= 15 is 0 Å². The third-order valence-corrected chi connectivity index (χ3v) is 3.70. The largest absolute Gasteiger partial charge is 0.350 e. The van der Waals surface area contributed by atoms with Gasteiger partial charge in [-0.05, 0) is 30.3 Å². The molecule has 3 heterocycles. The molecule has 4 aromatic rings. The minimum Gasteiger partial charge on any atom is -0.350 e. The van der Waals surface area contributed by atoms with Crippen molar-refractivity contribution >= 4 is 10.9 Å². The number of rotatable bonds is 2. The lowest BCUT2D eigenvalue weighted by Gasteiger charge is -2.06. The molecule has 24 heavy (non-hydrogen) atoms. The molecule has 0 N–H and O–H groups in total. The summed E-state index contributed by atoms with van der Waals surface area (Å²) in [5.41, 5.74) is 1.01. The molecule has 0 atom stereocenters. The molecule has 6 nitrogen and oxygen atoms in total. The van der Waals surface area contributed by atoms with E-state index in [0.717, 1.165) is 0 Å². The number of aromatic nitrogens is 4. The number of benzene rings is 1. The second-order valence-electron chi connectivity index (χ2n) is 5.28.